The summed E-state index contributed by atoms with van der Waals surface area (Å²) in [6.45, 7) is 3.55. The van der Waals surface area contributed by atoms with Crippen molar-refractivity contribution < 1.29 is 18.3 Å². The van der Waals surface area contributed by atoms with Gasteiger partial charge in [0.05, 0.1) is 23.5 Å². The van der Waals surface area contributed by atoms with Crippen LogP contribution in [0.1, 0.15) is 43.0 Å². The molecule has 162 valence electrons. The number of aromatic nitrogens is 5. The maximum atomic E-state index is 13.4. The third-order valence-electron chi connectivity index (χ3n) is 4.93. The minimum Gasteiger partial charge on any atom is -0.484 e. The van der Waals surface area contributed by atoms with Crippen molar-refractivity contribution in [3.63, 3.8) is 0 Å². The van der Waals surface area contributed by atoms with Gasteiger partial charge in [-0.05, 0) is 31.4 Å². The quantitative estimate of drug-likeness (QED) is 0.537. The summed E-state index contributed by atoms with van der Waals surface area (Å²) in [5.41, 5.74) is 0.490. The van der Waals surface area contributed by atoms with E-state index in [-0.39, 0.29) is 29.3 Å². The number of aryl methyl sites for hydroxylation is 1. The van der Waals surface area contributed by atoms with E-state index in [1.807, 2.05) is 0 Å². The summed E-state index contributed by atoms with van der Waals surface area (Å²) in [6, 6.07) is 4.22. The van der Waals surface area contributed by atoms with Crippen molar-refractivity contribution in [1.29, 1.82) is 0 Å². The fraction of sp³-hybridized carbons (Fsp3) is 0.350. The lowest BCUT2D eigenvalue weighted by Gasteiger charge is -2.31. The number of benzene rings is 1. The number of rotatable bonds is 9. The highest BCUT2D eigenvalue weighted by molar-refractivity contribution is 6.30. The van der Waals surface area contributed by atoms with Gasteiger partial charge in [0.25, 0.3) is 5.91 Å². The standard InChI is InChI=1S/C20H20ClFN6O3/c1-12(25-18(29)11-30-15-3-4-16(21)17(22)10-15)2-5-19-26-27-20(31-19)13-8-14(9-13)28-23-6-7-24-28/h3-4,6-7,10,13-14H,1-2,5,8-9,11H2,(H,25,29). The number of halogens is 2. The fourth-order valence-electron chi connectivity index (χ4n) is 3.19. The Bertz CT molecular complexity index is 1060. The summed E-state index contributed by atoms with van der Waals surface area (Å²) in [5, 5.41) is 19.1. The van der Waals surface area contributed by atoms with Crippen LogP contribution in [0.5, 0.6) is 5.75 Å². The van der Waals surface area contributed by atoms with E-state index in [9.17, 15) is 9.18 Å². The van der Waals surface area contributed by atoms with Crippen LogP contribution in [-0.2, 0) is 11.2 Å². The number of amides is 1. The van der Waals surface area contributed by atoms with E-state index in [2.05, 4.69) is 32.3 Å². The minimum absolute atomic E-state index is 0.0126. The topological polar surface area (TPSA) is 108 Å². The van der Waals surface area contributed by atoms with Crippen LogP contribution in [0.4, 0.5) is 4.39 Å². The number of carbonyl (C=O) groups is 1. The fourth-order valence-corrected chi connectivity index (χ4v) is 3.31. The van der Waals surface area contributed by atoms with Crippen molar-refractivity contribution in [2.24, 2.45) is 0 Å². The van der Waals surface area contributed by atoms with Crippen LogP contribution in [0.3, 0.4) is 0 Å². The van der Waals surface area contributed by atoms with Gasteiger partial charge >= 0.3 is 0 Å². The number of nitrogens with one attached hydrogen (secondary N) is 1. The molecule has 1 aromatic carbocycles. The van der Waals surface area contributed by atoms with Crippen LogP contribution in [-0.4, -0.2) is 37.7 Å². The predicted octanol–water partition coefficient (Wildman–Crippen LogP) is 3.21. The summed E-state index contributed by atoms with van der Waals surface area (Å²) in [5.74, 6) is 0.492. The highest BCUT2D eigenvalue weighted by Gasteiger charge is 2.36. The number of carbonyl (C=O) groups excluding carboxylic acids is 1. The first kappa shape index (κ1) is 21.0. The number of hydrogen-bond donors (Lipinski definition) is 1. The van der Waals surface area contributed by atoms with Crippen molar-refractivity contribution in [1.82, 2.24) is 30.5 Å². The second-order valence-corrected chi connectivity index (χ2v) is 7.63. The van der Waals surface area contributed by atoms with Crippen molar-refractivity contribution >= 4 is 17.5 Å². The molecule has 0 bridgehead atoms. The molecule has 1 aliphatic rings. The maximum Gasteiger partial charge on any atom is 0.262 e. The molecule has 0 aliphatic heterocycles. The predicted molar refractivity (Wildman–Crippen MR) is 108 cm³/mol. The molecular weight excluding hydrogens is 427 g/mol. The first-order chi connectivity index (χ1) is 15.0. The molecule has 1 aliphatic carbocycles. The van der Waals surface area contributed by atoms with Crippen LogP contribution in [0, 0.1) is 5.82 Å². The maximum absolute atomic E-state index is 13.4. The summed E-state index contributed by atoms with van der Waals surface area (Å²) in [6.07, 6.45) is 5.92. The Hall–Kier alpha value is -3.27. The highest BCUT2D eigenvalue weighted by atomic mass is 35.5. The van der Waals surface area contributed by atoms with Gasteiger partial charge in [0.15, 0.2) is 6.61 Å². The molecule has 0 unspecified atom stereocenters. The van der Waals surface area contributed by atoms with E-state index in [0.717, 1.165) is 18.9 Å². The number of nitrogens with zero attached hydrogens (tertiary/aromatic N) is 5. The number of ether oxygens (including phenoxy) is 1. The summed E-state index contributed by atoms with van der Waals surface area (Å²) in [7, 11) is 0. The van der Waals surface area contributed by atoms with Crippen molar-refractivity contribution in [3.05, 3.63) is 65.5 Å². The molecule has 0 atom stereocenters. The van der Waals surface area contributed by atoms with Crippen LogP contribution in [0.2, 0.25) is 5.02 Å². The molecule has 31 heavy (non-hydrogen) atoms. The Morgan fingerprint density at radius 1 is 1.32 bits per heavy atom. The van der Waals surface area contributed by atoms with E-state index < -0.39 is 11.7 Å². The van der Waals surface area contributed by atoms with E-state index in [4.69, 9.17) is 20.8 Å². The minimum atomic E-state index is -0.613. The van der Waals surface area contributed by atoms with Gasteiger partial charge in [0.2, 0.25) is 11.8 Å². The molecule has 2 heterocycles. The lowest BCUT2D eigenvalue weighted by molar-refractivity contribution is -0.122. The Labute approximate surface area is 182 Å². The highest BCUT2D eigenvalue weighted by Crippen LogP contribution is 2.43. The second-order valence-electron chi connectivity index (χ2n) is 7.22. The Morgan fingerprint density at radius 3 is 2.84 bits per heavy atom. The molecule has 4 rings (SSSR count). The molecule has 1 N–H and O–H groups in total. The third kappa shape index (κ3) is 5.26. The molecule has 3 aromatic rings. The van der Waals surface area contributed by atoms with Crippen LogP contribution >= 0.6 is 11.6 Å². The average Bonchev–Trinajstić information content (AvgIpc) is 3.39. The average molecular weight is 447 g/mol. The molecule has 1 fully saturated rings. The molecule has 1 saturated carbocycles. The molecule has 0 spiro atoms. The van der Waals surface area contributed by atoms with Crippen molar-refractivity contribution in [2.75, 3.05) is 6.61 Å². The number of hydrogen-bond acceptors (Lipinski definition) is 7. The van der Waals surface area contributed by atoms with Gasteiger partial charge in [-0.15, -0.1) is 10.2 Å². The second kappa shape index (κ2) is 9.25. The molecule has 0 radical (unpaired) electrons. The van der Waals surface area contributed by atoms with Gasteiger partial charge in [-0.25, -0.2) is 4.39 Å². The van der Waals surface area contributed by atoms with Gasteiger partial charge in [-0.1, -0.05) is 18.2 Å². The molecule has 0 saturated heterocycles. The lowest BCUT2D eigenvalue weighted by Crippen LogP contribution is -2.28. The monoisotopic (exact) mass is 446 g/mol. The van der Waals surface area contributed by atoms with Gasteiger partial charge in [-0.3, -0.25) is 4.79 Å². The van der Waals surface area contributed by atoms with Gasteiger partial charge in [0, 0.05) is 24.1 Å². The normalized spacial score (nSPS) is 17.7. The smallest absolute Gasteiger partial charge is 0.262 e. The largest absolute Gasteiger partial charge is 0.484 e. The molecule has 9 nitrogen and oxygen atoms in total. The molecule has 11 heteroatoms. The molecule has 1 amide bonds. The Balaban J connectivity index is 1.17. The summed E-state index contributed by atoms with van der Waals surface area (Å²) < 4.78 is 24.4. The molecule has 2 aromatic heterocycles. The van der Waals surface area contributed by atoms with E-state index >= 15 is 0 Å². The van der Waals surface area contributed by atoms with Crippen LogP contribution < -0.4 is 10.1 Å². The van der Waals surface area contributed by atoms with Gasteiger partial charge in [-0.2, -0.15) is 15.0 Å². The lowest BCUT2D eigenvalue weighted by atomic mass is 9.80. The zero-order chi connectivity index (χ0) is 21.8. The molecular formula is C20H20ClFN6O3. The summed E-state index contributed by atoms with van der Waals surface area (Å²) >= 11 is 5.61. The third-order valence-corrected chi connectivity index (χ3v) is 5.23. The van der Waals surface area contributed by atoms with Crippen molar-refractivity contribution in [2.45, 2.75) is 37.6 Å². The van der Waals surface area contributed by atoms with Gasteiger partial charge < -0.3 is 14.5 Å². The Kier molecular flexibility index (Phi) is 6.26. The first-order valence-corrected chi connectivity index (χ1v) is 10.1. The van der Waals surface area contributed by atoms with E-state index in [0.29, 0.717) is 30.3 Å². The van der Waals surface area contributed by atoms with Gasteiger partial charge in [0.1, 0.15) is 11.6 Å². The zero-order valence-corrected chi connectivity index (χ0v) is 17.3. The summed E-state index contributed by atoms with van der Waals surface area (Å²) in [4.78, 5) is 13.7. The zero-order valence-electron chi connectivity index (χ0n) is 16.5. The van der Waals surface area contributed by atoms with Crippen LogP contribution in [0.15, 0.2) is 47.3 Å². The van der Waals surface area contributed by atoms with Crippen molar-refractivity contribution in [3.8, 4) is 5.75 Å². The van der Waals surface area contributed by atoms with E-state index in [1.165, 1.54) is 12.1 Å². The number of allylic oxidation sites excluding steroid dienone is 1. The Morgan fingerprint density at radius 2 is 2.10 bits per heavy atom. The van der Waals surface area contributed by atoms with Crippen LogP contribution in [0.25, 0.3) is 0 Å². The van der Waals surface area contributed by atoms with E-state index in [1.54, 1.807) is 17.2 Å². The first-order valence-electron chi connectivity index (χ1n) is 9.71. The SMILES string of the molecule is C=C(CCc1nnc(C2CC(n3nccn3)C2)o1)NC(=O)COc1ccc(Cl)c(F)c1.